The molecule has 2 aromatic carbocycles. The molecule has 1 amide bonds. The minimum absolute atomic E-state index is 0.0921. The first-order valence-corrected chi connectivity index (χ1v) is 11.4. The summed E-state index contributed by atoms with van der Waals surface area (Å²) in [6.07, 6.45) is 0. The first-order valence-electron chi connectivity index (χ1n) is 7.21. The molecule has 0 aliphatic rings. The molecule has 0 atom stereocenters. The lowest BCUT2D eigenvalue weighted by molar-refractivity contribution is -0.113. The van der Waals surface area contributed by atoms with E-state index in [-0.39, 0.29) is 11.7 Å². The van der Waals surface area contributed by atoms with Gasteiger partial charge < -0.3 is 5.32 Å². The Kier molecular flexibility index (Phi) is 7.05. The van der Waals surface area contributed by atoms with Gasteiger partial charge in [0.25, 0.3) is 0 Å². The Morgan fingerprint density at radius 2 is 1.96 bits per heavy atom. The van der Waals surface area contributed by atoms with E-state index in [0.29, 0.717) is 10.0 Å². The number of halogens is 4. The maximum Gasteiger partial charge on any atom is 0.234 e. The number of thioether (sulfide) groups is 1. The third kappa shape index (κ3) is 5.24. The van der Waals surface area contributed by atoms with Crippen LogP contribution in [0.2, 0.25) is 10.0 Å². The monoisotopic (exact) mass is 550 g/mol. The number of nitrogens with zero attached hydrogens (tertiary/aromatic N) is 1. The molecular formula is C17H10Br2Cl2N2OS2. The van der Waals surface area contributed by atoms with Crippen LogP contribution in [0.25, 0.3) is 11.3 Å². The Labute approximate surface area is 185 Å². The Morgan fingerprint density at radius 1 is 1.15 bits per heavy atom. The fourth-order valence-corrected chi connectivity index (χ4v) is 4.80. The molecule has 3 rings (SSSR count). The molecule has 26 heavy (non-hydrogen) atoms. The van der Waals surface area contributed by atoms with Crippen LogP contribution in [0.4, 0.5) is 5.69 Å². The first kappa shape index (κ1) is 20.2. The molecule has 134 valence electrons. The standard InChI is InChI=1S/C17H10Br2Cl2N2OS2/c18-12-4-2-10(6-13(12)19)22-16(24)8-26-17-23-15(7-25-17)11-3-1-9(20)5-14(11)21/h1-7H,8H2,(H,22,24). The highest BCUT2D eigenvalue weighted by atomic mass is 79.9. The van der Waals surface area contributed by atoms with Gasteiger partial charge in [0.15, 0.2) is 4.34 Å². The van der Waals surface area contributed by atoms with Gasteiger partial charge in [-0.15, -0.1) is 11.3 Å². The van der Waals surface area contributed by atoms with E-state index in [1.807, 2.05) is 29.6 Å². The highest BCUT2D eigenvalue weighted by molar-refractivity contribution is 9.13. The molecule has 1 heterocycles. The van der Waals surface area contributed by atoms with Gasteiger partial charge in [-0.25, -0.2) is 4.98 Å². The van der Waals surface area contributed by atoms with Crippen molar-refractivity contribution in [2.45, 2.75) is 4.34 Å². The van der Waals surface area contributed by atoms with Gasteiger partial charge >= 0.3 is 0 Å². The van der Waals surface area contributed by atoms with Crippen LogP contribution in [-0.2, 0) is 4.79 Å². The van der Waals surface area contributed by atoms with Gasteiger partial charge in [0.05, 0.1) is 16.5 Å². The van der Waals surface area contributed by atoms with E-state index in [0.717, 1.165) is 30.2 Å². The minimum Gasteiger partial charge on any atom is -0.325 e. The van der Waals surface area contributed by atoms with E-state index < -0.39 is 0 Å². The number of benzene rings is 2. The zero-order valence-corrected chi connectivity index (χ0v) is 19.2. The SMILES string of the molecule is O=C(CSc1nc(-c2ccc(Cl)cc2Cl)cs1)Nc1ccc(Br)c(Br)c1. The fraction of sp³-hybridized carbons (Fsp3) is 0.0588. The lowest BCUT2D eigenvalue weighted by Crippen LogP contribution is -2.13. The van der Waals surface area contributed by atoms with Crippen molar-refractivity contribution >= 4 is 89.8 Å². The summed E-state index contributed by atoms with van der Waals surface area (Å²) >= 11 is 21.8. The molecule has 1 aromatic heterocycles. The summed E-state index contributed by atoms with van der Waals surface area (Å²) in [4.78, 5) is 16.7. The highest BCUT2D eigenvalue weighted by Crippen LogP contribution is 2.33. The van der Waals surface area contributed by atoms with Crippen molar-refractivity contribution in [1.29, 1.82) is 0 Å². The van der Waals surface area contributed by atoms with E-state index in [1.165, 1.54) is 23.1 Å². The molecule has 0 saturated carbocycles. The molecule has 0 fully saturated rings. The Hall–Kier alpha value is -0.570. The maximum absolute atomic E-state index is 12.1. The van der Waals surface area contributed by atoms with Gasteiger partial charge in [0, 0.05) is 30.6 Å². The number of nitrogens with one attached hydrogen (secondary N) is 1. The highest BCUT2D eigenvalue weighted by Gasteiger charge is 2.11. The largest absolute Gasteiger partial charge is 0.325 e. The molecule has 0 saturated heterocycles. The predicted molar refractivity (Wildman–Crippen MR) is 119 cm³/mol. The number of hydrogen-bond donors (Lipinski definition) is 1. The lowest BCUT2D eigenvalue weighted by Gasteiger charge is -2.05. The fourth-order valence-electron chi connectivity index (χ4n) is 2.04. The molecule has 9 heteroatoms. The summed E-state index contributed by atoms with van der Waals surface area (Å²) in [6, 6.07) is 10.9. The Morgan fingerprint density at radius 3 is 2.69 bits per heavy atom. The number of anilines is 1. The molecule has 0 aliphatic heterocycles. The van der Waals surface area contributed by atoms with E-state index in [9.17, 15) is 4.79 Å². The smallest absolute Gasteiger partial charge is 0.234 e. The third-order valence-electron chi connectivity index (χ3n) is 3.22. The first-order chi connectivity index (χ1) is 12.4. The average molecular weight is 553 g/mol. The normalized spacial score (nSPS) is 10.8. The van der Waals surface area contributed by atoms with E-state index in [1.54, 1.807) is 12.1 Å². The number of carbonyl (C=O) groups excluding carboxylic acids is 1. The van der Waals surface area contributed by atoms with Gasteiger partial charge in [0.2, 0.25) is 5.91 Å². The van der Waals surface area contributed by atoms with E-state index in [4.69, 9.17) is 23.2 Å². The molecule has 0 spiro atoms. The van der Waals surface area contributed by atoms with Crippen molar-refractivity contribution in [3.63, 3.8) is 0 Å². The molecule has 3 aromatic rings. The van der Waals surface area contributed by atoms with Crippen LogP contribution in [0.1, 0.15) is 0 Å². The molecule has 0 aliphatic carbocycles. The molecule has 0 radical (unpaired) electrons. The summed E-state index contributed by atoms with van der Waals surface area (Å²) < 4.78 is 2.62. The van der Waals surface area contributed by atoms with Crippen molar-refractivity contribution in [3.05, 3.63) is 60.8 Å². The average Bonchev–Trinajstić information content (AvgIpc) is 3.05. The quantitative estimate of drug-likeness (QED) is 0.336. The summed E-state index contributed by atoms with van der Waals surface area (Å²) in [6.45, 7) is 0. The van der Waals surface area contributed by atoms with Crippen LogP contribution in [-0.4, -0.2) is 16.6 Å². The van der Waals surface area contributed by atoms with Crippen LogP contribution in [0, 0.1) is 0 Å². The summed E-state index contributed by atoms with van der Waals surface area (Å²) in [5.74, 6) is 0.181. The zero-order valence-electron chi connectivity index (χ0n) is 12.9. The Balaban J connectivity index is 1.60. The number of rotatable bonds is 5. The third-order valence-corrected chi connectivity index (χ3v) is 7.67. The van der Waals surface area contributed by atoms with Gasteiger partial charge in [-0.2, -0.15) is 0 Å². The molecule has 3 nitrogen and oxygen atoms in total. The molecular weight excluding hydrogens is 543 g/mol. The van der Waals surface area contributed by atoms with Crippen LogP contribution in [0.15, 0.2) is 55.1 Å². The second-order valence-corrected chi connectivity index (χ2v) is 9.72. The minimum atomic E-state index is -0.0921. The number of hydrogen-bond acceptors (Lipinski definition) is 4. The zero-order chi connectivity index (χ0) is 18.7. The Bertz CT molecular complexity index is 966. The molecule has 0 bridgehead atoms. The van der Waals surface area contributed by atoms with Crippen molar-refractivity contribution in [3.8, 4) is 11.3 Å². The van der Waals surface area contributed by atoms with Gasteiger partial charge in [-0.05, 0) is 68.3 Å². The lowest BCUT2D eigenvalue weighted by atomic mass is 10.2. The predicted octanol–water partition coefficient (Wildman–Crippen LogP) is 7.37. The van der Waals surface area contributed by atoms with E-state index >= 15 is 0 Å². The number of amides is 1. The number of aromatic nitrogens is 1. The number of thiazole rings is 1. The number of carbonyl (C=O) groups is 1. The maximum atomic E-state index is 12.1. The van der Waals surface area contributed by atoms with Crippen molar-refractivity contribution in [1.82, 2.24) is 4.98 Å². The second-order valence-electron chi connectivity index (χ2n) is 5.09. The second kappa shape index (κ2) is 9.08. The molecule has 1 N–H and O–H groups in total. The van der Waals surface area contributed by atoms with Crippen LogP contribution >= 0.6 is 78.2 Å². The summed E-state index contributed by atoms with van der Waals surface area (Å²) in [5, 5.41) is 5.92. The van der Waals surface area contributed by atoms with E-state index in [2.05, 4.69) is 42.2 Å². The van der Waals surface area contributed by atoms with Crippen molar-refractivity contribution in [2.75, 3.05) is 11.1 Å². The summed E-state index contributed by atoms with van der Waals surface area (Å²) in [5.41, 5.74) is 2.33. The van der Waals surface area contributed by atoms with Crippen molar-refractivity contribution in [2.24, 2.45) is 0 Å². The van der Waals surface area contributed by atoms with Crippen molar-refractivity contribution < 1.29 is 4.79 Å². The molecule has 0 unspecified atom stereocenters. The van der Waals surface area contributed by atoms with Gasteiger partial charge in [-0.3, -0.25) is 4.79 Å². The van der Waals surface area contributed by atoms with Gasteiger partial charge in [-0.1, -0.05) is 35.0 Å². The van der Waals surface area contributed by atoms with Crippen LogP contribution in [0.5, 0.6) is 0 Å². The van der Waals surface area contributed by atoms with Gasteiger partial charge in [0.1, 0.15) is 0 Å². The van der Waals surface area contributed by atoms with Crippen LogP contribution in [0.3, 0.4) is 0 Å². The topological polar surface area (TPSA) is 42.0 Å². The summed E-state index contributed by atoms with van der Waals surface area (Å²) in [7, 11) is 0. The van der Waals surface area contributed by atoms with Crippen LogP contribution < -0.4 is 5.32 Å².